The molecule has 0 unspecified atom stereocenters. The van der Waals surface area contributed by atoms with Gasteiger partial charge in [0.05, 0.1) is 18.2 Å². The van der Waals surface area contributed by atoms with E-state index in [-0.39, 0.29) is 5.69 Å². The summed E-state index contributed by atoms with van der Waals surface area (Å²) in [4.78, 5) is 21.0. The van der Waals surface area contributed by atoms with E-state index in [1.165, 1.54) is 25.5 Å². The monoisotopic (exact) mass is 367 g/mol. The number of halogens is 1. The van der Waals surface area contributed by atoms with Crippen molar-refractivity contribution < 1.29 is 18.9 Å². The Hall–Kier alpha value is -2.68. The van der Waals surface area contributed by atoms with Gasteiger partial charge < -0.3 is 9.15 Å². The summed E-state index contributed by atoms with van der Waals surface area (Å²) < 4.78 is 10.4. The summed E-state index contributed by atoms with van der Waals surface area (Å²) in [7, 11) is 1.22. The molecule has 0 aliphatic rings. The Morgan fingerprint density at radius 1 is 1.45 bits per heavy atom. The number of nitro benzene ring substituents is 1. The van der Waals surface area contributed by atoms with Gasteiger partial charge in [0.1, 0.15) is 11.5 Å². The lowest BCUT2D eigenvalue weighted by Crippen LogP contribution is -2.16. The van der Waals surface area contributed by atoms with Crippen molar-refractivity contribution in [1.29, 1.82) is 0 Å². The quantitative estimate of drug-likeness (QED) is 0.506. The van der Waals surface area contributed by atoms with Gasteiger partial charge in [-0.3, -0.25) is 10.1 Å². The van der Waals surface area contributed by atoms with Gasteiger partial charge in [-0.05, 0) is 34.1 Å². The average molecular weight is 368 g/mol. The minimum absolute atomic E-state index is 0.0220. The third-order valence-corrected chi connectivity index (χ3v) is 3.24. The van der Waals surface area contributed by atoms with Gasteiger partial charge in [-0.15, -0.1) is 0 Å². The van der Waals surface area contributed by atoms with Crippen molar-refractivity contribution in [3.63, 3.8) is 0 Å². The van der Waals surface area contributed by atoms with Gasteiger partial charge in [-0.1, -0.05) is 0 Å². The van der Waals surface area contributed by atoms with Crippen LogP contribution < -0.4 is 5.43 Å². The lowest BCUT2D eigenvalue weighted by atomic mass is 10.1. The Labute approximate surface area is 133 Å². The van der Waals surface area contributed by atoms with Crippen LogP contribution in [0.25, 0.3) is 11.3 Å². The molecule has 1 aromatic carbocycles. The highest BCUT2D eigenvalue weighted by atomic mass is 79.9. The topological polar surface area (TPSA) is 107 Å². The third kappa shape index (κ3) is 3.70. The van der Waals surface area contributed by atoms with E-state index in [4.69, 9.17) is 4.42 Å². The van der Waals surface area contributed by atoms with Crippen molar-refractivity contribution in [3.8, 4) is 11.3 Å². The first kappa shape index (κ1) is 15.7. The summed E-state index contributed by atoms with van der Waals surface area (Å²) in [6.45, 7) is 0. The molecule has 8 nitrogen and oxygen atoms in total. The molecule has 1 amide bonds. The normalized spacial score (nSPS) is 10.6. The number of hydrogen-bond donors (Lipinski definition) is 1. The SMILES string of the molecule is COC(=O)NN=Cc1ccc(-c2ccc([N+](=O)[O-])cc2Br)o1. The molecule has 0 fully saturated rings. The van der Waals surface area contributed by atoms with Crippen LogP contribution in [0.15, 0.2) is 44.3 Å². The van der Waals surface area contributed by atoms with Crippen LogP contribution >= 0.6 is 15.9 Å². The lowest BCUT2D eigenvalue weighted by molar-refractivity contribution is -0.384. The first-order chi connectivity index (χ1) is 10.5. The Kier molecular flexibility index (Phi) is 4.89. The molecule has 0 aliphatic carbocycles. The molecule has 1 heterocycles. The fourth-order valence-electron chi connectivity index (χ4n) is 1.58. The summed E-state index contributed by atoms with van der Waals surface area (Å²) >= 11 is 3.27. The number of methoxy groups -OCH3 is 1. The van der Waals surface area contributed by atoms with Gasteiger partial charge in [0, 0.05) is 22.2 Å². The van der Waals surface area contributed by atoms with Crippen LogP contribution in [-0.2, 0) is 4.74 Å². The van der Waals surface area contributed by atoms with Crippen molar-refractivity contribution in [2.24, 2.45) is 5.10 Å². The standard InChI is InChI=1S/C13H10BrN3O5/c1-21-13(18)16-15-7-9-3-5-12(22-9)10-4-2-8(17(19)20)6-11(10)14/h2-7H,1H3,(H,16,18). The number of carbonyl (C=O) groups is 1. The van der Waals surface area contributed by atoms with E-state index in [0.717, 1.165) is 0 Å². The number of nitro groups is 1. The number of nitrogens with zero attached hydrogens (tertiary/aromatic N) is 2. The molecule has 0 aliphatic heterocycles. The summed E-state index contributed by atoms with van der Waals surface area (Å²) in [6.07, 6.45) is 0.612. The first-order valence-electron chi connectivity index (χ1n) is 5.92. The maximum atomic E-state index is 10.8. The van der Waals surface area contributed by atoms with Crippen LogP contribution in [0.3, 0.4) is 0 Å². The fraction of sp³-hybridized carbons (Fsp3) is 0.0769. The van der Waals surface area contributed by atoms with E-state index in [0.29, 0.717) is 21.6 Å². The van der Waals surface area contributed by atoms with E-state index >= 15 is 0 Å². The largest absolute Gasteiger partial charge is 0.455 e. The zero-order valence-electron chi connectivity index (χ0n) is 11.3. The zero-order valence-corrected chi connectivity index (χ0v) is 12.9. The molecular weight excluding hydrogens is 358 g/mol. The van der Waals surface area contributed by atoms with Crippen molar-refractivity contribution in [3.05, 3.63) is 50.7 Å². The maximum absolute atomic E-state index is 10.8. The Bertz CT molecular complexity index is 741. The first-order valence-corrected chi connectivity index (χ1v) is 6.71. The van der Waals surface area contributed by atoms with Crippen LogP contribution in [0.4, 0.5) is 10.5 Å². The van der Waals surface area contributed by atoms with Gasteiger partial charge in [-0.25, -0.2) is 10.2 Å². The minimum Gasteiger partial charge on any atom is -0.455 e. The van der Waals surface area contributed by atoms with Crippen LogP contribution in [0.2, 0.25) is 0 Å². The molecule has 0 atom stereocenters. The number of ether oxygens (including phenoxy) is 1. The number of benzene rings is 1. The summed E-state index contributed by atoms with van der Waals surface area (Å²) in [6, 6.07) is 7.69. The maximum Gasteiger partial charge on any atom is 0.427 e. The lowest BCUT2D eigenvalue weighted by Gasteiger charge is -2.00. The molecule has 0 radical (unpaired) electrons. The molecule has 0 saturated heterocycles. The van der Waals surface area contributed by atoms with E-state index in [2.05, 4.69) is 31.2 Å². The van der Waals surface area contributed by atoms with Gasteiger partial charge in [0.25, 0.3) is 5.69 Å². The molecule has 2 rings (SSSR count). The highest BCUT2D eigenvalue weighted by molar-refractivity contribution is 9.10. The van der Waals surface area contributed by atoms with Gasteiger partial charge >= 0.3 is 6.09 Å². The predicted molar refractivity (Wildman–Crippen MR) is 81.6 cm³/mol. The molecule has 0 spiro atoms. The van der Waals surface area contributed by atoms with Crippen molar-refractivity contribution in [2.75, 3.05) is 7.11 Å². The van der Waals surface area contributed by atoms with Crippen molar-refractivity contribution in [2.45, 2.75) is 0 Å². The highest BCUT2D eigenvalue weighted by Gasteiger charge is 2.12. The molecule has 1 N–H and O–H groups in total. The summed E-state index contributed by atoms with van der Waals surface area (Å²) in [5.74, 6) is 0.901. The molecule has 22 heavy (non-hydrogen) atoms. The van der Waals surface area contributed by atoms with Gasteiger partial charge in [0.2, 0.25) is 0 Å². The molecule has 2 aromatic rings. The molecular formula is C13H10BrN3O5. The van der Waals surface area contributed by atoms with Crippen LogP contribution in [0.1, 0.15) is 5.76 Å². The Morgan fingerprint density at radius 2 is 2.23 bits per heavy atom. The molecule has 114 valence electrons. The number of nitrogens with one attached hydrogen (secondary N) is 1. The number of rotatable bonds is 4. The second-order valence-corrected chi connectivity index (χ2v) is 4.84. The van der Waals surface area contributed by atoms with Gasteiger partial charge in [-0.2, -0.15) is 5.10 Å². The smallest absolute Gasteiger partial charge is 0.427 e. The zero-order chi connectivity index (χ0) is 16.1. The molecule has 0 bridgehead atoms. The van der Waals surface area contributed by atoms with Gasteiger partial charge in [0.15, 0.2) is 0 Å². The van der Waals surface area contributed by atoms with Crippen LogP contribution in [0, 0.1) is 10.1 Å². The third-order valence-electron chi connectivity index (χ3n) is 2.59. The molecule has 9 heteroatoms. The summed E-state index contributed by atoms with van der Waals surface area (Å²) in [5, 5.41) is 14.3. The van der Waals surface area contributed by atoms with E-state index < -0.39 is 11.0 Å². The van der Waals surface area contributed by atoms with E-state index in [1.54, 1.807) is 18.2 Å². The molecule has 0 saturated carbocycles. The van der Waals surface area contributed by atoms with Crippen LogP contribution in [0.5, 0.6) is 0 Å². The second kappa shape index (κ2) is 6.85. The number of furan rings is 1. The number of hydrazone groups is 1. The molecule has 1 aromatic heterocycles. The minimum atomic E-state index is -0.693. The highest BCUT2D eigenvalue weighted by Crippen LogP contribution is 2.32. The number of carbonyl (C=O) groups excluding carboxylic acids is 1. The van der Waals surface area contributed by atoms with Crippen molar-refractivity contribution in [1.82, 2.24) is 5.43 Å². The average Bonchev–Trinajstić information content (AvgIpc) is 2.95. The predicted octanol–water partition coefficient (Wildman–Crippen LogP) is 3.31. The van der Waals surface area contributed by atoms with E-state index in [1.807, 2.05) is 0 Å². The Morgan fingerprint density at radius 3 is 2.86 bits per heavy atom. The van der Waals surface area contributed by atoms with Crippen molar-refractivity contribution >= 4 is 33.9 Å². The fourth-order valence-corrected chi connectivity index (χ4v) is 2.14. The number of non-ortho nitro benzene ring substituents is 1. The number of amides is 1. The second-order valence-electron chi connectivity index (χ2n) is 3.98. The number of hydrogen-bond acceptors (Lipinski definition) is 6. The Balaban J connectivity index is 2.18. The van der Waals surface area contributed by atoms with Crippen LogP contribution in [-0.4, -0.2) is 24.3 Å². The van der Waals surface area contributed by atoms with E-state index in [9.17, 15) is 14.9 Å². The summed E-state index contributed by atoms with van der Waals surface area (Å²) in [5.41, 5.74) is 2.76.